The number of nitrogens with one attached hydrogen (secondary N) is 1. The Labute approximate surface area is 186 Å². The van der Waals surface area contributed by atoms with Crippen molar-refractivity contribution in [3.63, 3.8) is 0 Å². The summed E-state index contributed by atoms with van der Waals surface area (Å²) in [7, 11) is 0. The van der Waals surface area contributed by atoms with Crippen LogP contribution in [0.2, 0.25) is 0 Å². The molecule has 1 aromatic carbocycles. The molecular formula is C22H35FIN3O. The van der Waals surface area contributed by atoms with E-state index in [9.17, 15) is 4.39 Å². The number of nitrogens with zero attached hydrogens (tertiary/aromatic N) is 2. The van der Waals surface area contributed by atoms with Gasteiger partial charge in [0.25, 0.3) is 0 Å². The Balaban J connectivity index is 0.00000280. The maximum absolute atomic E-state index is 13.4. The fourth-order valence-electron chi connectivity index (χ4n) is 4.12. The monoisotopic (exact) mass is 503 g/mol. The van der Waals surface area contributed by atoms with E-state index in [1.54, 1.807) is 12.1 Å². The summed E-state index contributed by atoms with van der Waals surface area (Å²) < 4.78 is 19.1. The van der Waals surface area contributed by atoms with Crippen LogP contribution in [0.5, 0.6) is 0 Å². The number of likely N-dealkylation sites (tertiary alicyclic amines) is 1. The first-order valence-electron chi connectivity index (χ1n) is 10.1. The van der Waals surface area contributed by atoms with E-state index in [1.165, 1.54) is 0 Å². The third-order valence-electron chi connectivity index (χ3n) is 6.91. The summed E-state index contributed by atoms with van der Waals surface area (Å²) in [5.74, 6) is 0.789. The molecule has 1 N–H and O–H groups in total. The summed E-state index contributed by atoms with van der Waals surface area (Å²) in [4.78, 5) is 7.46. The average Bonchev–Trinajstić information content (AvgIpc) is 2.65. The van der Waals surface area contributed by atoms with Gasteiger partial charge >= 0.3 is 0 Å². The standard InChI is InChI=1S/C22H34FN3O.HI/c1-6-24-19(26-16-20(2,3)21(26,4)5)25-15-22(11-13-27-14-12-22)17-7-9-18(23)10-8-17;/h7-10H,6,11-16H2,1-5H3,(H,24,25);1H. The van der Waals surface area contributed by atoms with E-state index in [0.717, 1.165) is 50.7 Å². The van der Waals surface area contributed by atoms with E-state index >= 15 is 0 Å². The smallest absolute Gasteiger partial charge is 0.194 e. The first kappa shape index (κ1) is 23.4. The van der Waals surface area contributed by atoms with Crippen LogP contribution in [0.15, 0.2) is 29.3 Å². The summed E-state index contributed by atoms with van der Waals surface area (Å²) in [6, 6.07) is 6.95. The molecular weight excluding hydrogens is 468 g/mol. The second-order valence-corrected chi connectivity index (χ2v) is 9.10. The largest absolute Gasteiger partial charge is 0.381 e. The van der Waals surface area contributed by atoms with Gasteiger partial charge in [-0.15, -0.1) is 24.0 Å². The van der Waals surface area contributed by atoms with E-state index in [0.29, 0.717) is 6.54 Å². The number of aliphatic imine (C=N–C) groups is 1. The number of rotatable bonds is 4. The summed E-state index contributed by atoms with van der Waals surface area (Å²) in [6.07, 6.45) is 1.83. The fraction of sp³-hybridized carbons (Fsp3) is 0.682. The van der Waals surface area contributed by atoms with Crippen LogP contribution in [-0.4, -0.2) is 49.2 Å². The van der Waals surface area contributed by atoms with E-state index in [1.807, 2.05) is 12.1 Å². The molecule has 4 nitrogen and oxygen atoms in total. The van der Waals surface area contributed by atoms with E-state index in [-0.39, 0.29) is 46.2 Å². The Hall–Kier alpha value is -0.890. The molecule has 2 heterocycles. The van der Waals surface area contributed by atoms with E-state index in [4.69, 9.17) is 9.73 Å². The third-order valence-corrected chi connectivity index (χ3v) is 6.91. The van der Waals surface area contributed by atoms with Crippen LogP contribution in [0.3, 0.4) is 0 Å². The van der Waals surface area contributed by atoms with Gasteiger partial charge in [-0.05, 0) is 51.3 Å². The van der Waals surface area contributed by atoms with Gasteiger partial charge in [-0.1, -0.05) is 26.0 Å². The maximum Gasteiger partial charge on any atom is 0.194 e. The minimum Gasteiger partial charge on any atom is -0.381 e. The second kappa shape index (κ2) is 8.86. The van der Waals surface area contributed by atoms with Gasteiger partial charge < -0.3 is 15.0 Å². The molecule has 28 heavy (non-hydrogen) atoms. The second-order valence-electron chi connectivity index (χ2n) is 9.10. The molecule has 0 bridgehead atoms. The summed E-state index contributed by atoms with van der Waals surface area (Å²) >= 11 is 0. The lowest BCUT2D eigenvalue weighted by molar-refractivity contribution is -0.0669. The molecule has 2 saturated heterocycles. The third kappa shape index (κ3) is 4.32. The molecule has 0 amide bonds. The fourth-order valence-corrected chi connectivity index (χ4v) is 4.12. The highest BCUT2D eigenvalue weighted by atomic mass is 127. The molecule has 0 aromatic heterocycles. The number of ether oxygens (including phenoxy) is 1. The van der Waals surface area contributed by atoms with Crippen LogP contribution in [0.4, 0.5) is 4.39 Å². The zero-order chi connectivity index (χ0) is 19.7. The highest BCUT2D eigenvalue weighted by Gasteiger charge is 2.53. The van der Waals surface area contributed by atoms with Gasteiger partial charge in [0, 0.05) is 42.7 Å². The zero-order valence-corrected chi connectivity index (χ0v) is 20.2. The summed E-state index contributed by atoms with van der Waals surface area (Å²) in [5.41, 5.74) is 1.40. The van der Waals surface area contributed by atoms with Crippen LogP contribution in [0, 0.1) is 11.2 Å². The highest BCUT2D eigenvalue weighted by molar-refractivity contribution is 14.0. The number of guanidine groups is 1. The topological polar surface area (TPSA) is 36.9 Å². The van der Waals surface area contributed by atoms with Crippen molar-refractivity contribution in [2.75, 3.05) is 32.8 Å². The predicted molar refractivity (Wildman–Crippen MR) is 124 cm³/mol. The lowest BCUT2D eigenvalue weighted by atomic mass is 9.65. The van der Waals surface area contributed by atoms with Crippen LogP contribution < -0.4 is 5.32 Å². The molecule has 0 spiro atoms. The average molecular weight is 503 g/mol. The predicted octanol–water partition coefficient (Wildman–Crippen LogP) is 4.58. The van der Waals surface area contributed by atoms with Crippen molar-refractivity contribution >= 4 is 29.9 Å². The molecule has 0 atom stereocenters. The number of benzene rings is 1. The van der Waals surface area contributed by atoms with Gasteiger partial charge in [-0.3, -0.25) is 4.99 Å². The molecule has 0 radical (unpaired) electrons. The number of hydrogen-bond acceptors (Lipinski definition) is 2. The minimum atomic E-state index is -0.192. The summed E-state index contributed by atoms with van der Waals surface area (Å²) in [5, 5.41) is 3.48. The van der Waals surface area contributed by atoms with Crippen molar-refractivity contribution in [2.45, 2.75) is 58.4 Å². The summed E-state index contributed by atoms with van der Waals surface area (Å²) in [6.45, 7) is 15.3. The van der Waals surface area contributed by atoms with Crippen LogP contribution in [0.1, 0.15) is 53.0 Å². The molecule has 3 rings (SSSR count). The van der Waals surface area contributed by atoms with Crippen LogP contribution in [-0.2, 0) is 10.2 Å². The Morgan fingerprint density at radius 3 is 2.25 bits per heavy atom. The van der Waals surface area contributed by atoms with Crippen molar-refractivity contribution in [3.05, 3.63) is 35.6 Å². The molecule has 2 aliphatic rings. The SMILES string of the molecule is CCNC(=NCC1(c2ccc(F)cc2)CCOCC1)N1CC(C)(C)C1(C)C.I. The number of halogens is 2. The number of hydrogen-bond donors (Lipinski definition) is 1. The molecule has 0 saturated carbocycles. The van der Waals surface area contributed by atoms with Crippen LogP contribution in [0.25, 0.3) is 0 Å². The Bertz CT molecular complexity index is 682. The van der Waals surface area contributed by atoms with Crippen LogP contribution >= 0.6 is 24.0 Å². The lowest BCUT2D eigenvalue weighted by Gasteiger charge is -2.62. The Kier molecular flexibility index (Phi) is 7.40. The molecule has 0 aliphatic carbocycles. The maximum atomic E-state index is 13.4. The van der Waals surface area contributed by atoms with Crippen molar-refractivity contribution in [2.24, 2.45) is 10.4 Å². The minimum absolute atomic E-state index is 0. The molecule has 6 heteroatoms. The lowest BCUT2D eigenvalue weighted by Crippen LogP contribution is -2.72. The van der Waals surface area contributed by atoms with Gasteiger partial charge in [0.2, 0.25) is 0 Å². The molecule has 2 fully saturated rings. The van der Waals surface area contributed by atoms with E-state index < -0.39 is 0 Å². The van der Waals surface area contributed by atoms with Gasteiger partial charge in [-0.2, -0.15) is 0 Å². The Morgan fingerprint density at radius 2 is 1.75 bits per heavy atom. The van der Waals surface area contributed by atoms with Gasteiger partial charge in [0.15, 0.2) is 5.96 Å². The van der Waals surface area contributed by atoms with Gasteiger partial charge in [0.1, 0.15) is 5.82 Å². The molecule has 158 valence electrons. The van der Waals surface area contributed by atoms with Gasteiger partial charge in [0.05, 0.1) is 6.54 Å². The van der Waals surface area contributed by atoms with E-state index in [2.05, 4.69) is 44.8 Å². The van der Waals surface area contributed by atoms with Crippen molar-refractivity contribution < 1.29 is 9.13 Å². The van der Waals surface area contributed by atoms with Crippen molar-refractivity contribution in [3.8, 4) is 0 Å². The zero-order valence-electron chi connectivity index (χ0n) is 17.8. The molecule has 2 aliphatic heterocycles. The molecule has 1 aromatic rings. The van der Waals surface area contributed by atoms with Gasteiger partial charge in [-0.25, -0.2) is 4.39 Å². The quantitative estimate of drug-likeness (QED) is 0.372. The first-order valence-corrected chi connectivity index (χ1v) is 10.1. The highest BCUT2D eigenvalue weighted by Crippen LogP contribution is 2.46. The van der Waals surface area contributed by atoms with Crippen molar-refractivity contribution in [1.82, 2.24) is 10.2 Å². The normalized spacial score (nSPS) is 22.8. The Morgan fingerprint density at radius 1 is 1.14 bits per heavy atom. The molecule has 0 unspecified atom stereocenters. The first-order chi connectivity index (χ1) is 12.7. The van der Waals surface area contributed by atoms with Crippen molar-refractivity contribution in [1.29, 1.82) is 0 Å².